The number of aromatic nitrogens is 2. The molecule has 0 bridgehead atoms. The molecule has 0 aromatic carbocycles. The van der Waals surface area contributed by atoms with Gasteiger partial charge in [-0.3, -0.25) is 4.79 Å². The maximum atomic E-state index is 11.5. The Morgan fingerprint density at radius 2 is 2.17 bits per heavy atom. The Labute approximate surface area is 108 Å². The average molecular weight is 253 g/mol. The van der Waals surface area contributed by atoms with Crippen molar-refractivity contribution < 1.29 is 4.74 Å². The highest BCUT2D eigenvalue weighted by Gasteiger charge is 2.09. The van der Waals surface area contributed by atoms with E-state index in [1.807, 2.05) is 0 Å². The predicted octanol–water partition coefficient (Wildman–Crippen LogP) is 1.24. The van der Waals surface area contributed by atoms with Crippen molar-refractivity contribution in [3.05, 3.63) is 27.9 Å². The van der Waals surface area contributed by atoms with Gasteiger partial charge in [0.2, 0.25) is 0 Å². The third-order valence-corrected chi connectivity index (χ3v) is 2.41. The van der Waals surface area contributed by atoms with E-state index >= 15 is 0 Å². The first-order valence-electron chi connectivity index (χ1n) is 6.24. The van der Waals surface area contributed by atoms with E-state index in [2.05, 4.69) is 36.1 Å². The van der Waals surface area contributed by atoms with E-state index in [0.29, 0.717) is 13.2 Å². The van der Waals surface area contributed by atoms with Crippen LogP contribution in [-0.4, -0.2) is 29.2 Å². The minimum Gasteiger partial charge on any atom is -0.385 e. The van der Waals surface area contributed by atoms with Gasteiger partial charge in [-0.15, -0.1) is 0 Å². The van der Waals surface area contributed by atoms with Gasteiger partial charge in [0, 0.05) is 38.3 Å². The zero-order chi connectivity index (χ0) is 13.6. The molecule has 0 unspecified atom stereocenters. The first-order chi connectivity index (χ1) is 8.40. The number of hydrogen-bond acceptors (Lipinski definition) is 4. The van der Waals surface area contributed by atoms with Crippen molar-refractivity contribution in [1.29, 1.82) is 0 Å². The summed E-state index contributed by atoms with van der Waals surface area (Å²) in [5.74, 6) is 0.727. The zero-order valence-corrected chi connectivity index (χ0v) is 11.7. The van der Waals surface area contributed by atoms with Crippen LogP contribution in [0.4, 0.5) is 0 Å². The number of aromatic amines is 1. The number of hydrogen-bond donors (Lipinski definition) is 2. The lowest BCUT2D eigenvalue weighted by molar-refractivity contribution is 0.194. The first-order valence-corrected chi connectivity index (χ1v) is 6.24. The molecule has 0 aliphatic heterocycles. The number of methoxy groups -OCH3 is 1. The molecule has 0 fully saturated rings. The quantitative estimate of drug-likeness (QED) is 0.748. The van der Waals surface area contributed by atoms with Gasteiger partial charge in [0.05, 0.1) is 5.69 Å². The van der Waals surface area contributed by atoms with Crippen molar-refractivity contribution in [2.75, 3.05) is 13.7 Å². The van der Waals surface area contributed by atoms with Crippen LogP contribution in [0.25, 0.3) is 0 Å². The second-order valence-electron chi connectivity index (χ2n) is 5.38. The van der Waals surface area contributed by atoms with Crippen molar-refractivity contribution in [1.82, 2.24) is 15.3 Å². The summed E-state index contributed by atoms with van der Waals surface area (Å²) in [6.07, 6.45) is 1.59. The van der Waals surface area contributed by atoms with E-state index < -0.39 is 0 Å². The summed E-state index contributed by atoms with van der Waals surface area (Å²) in [7, 11) is 1.67. The molecule has 2 N–H and O–H groups in total. The van der Waals surface area contributed by atoms with Crippen LogP contribution >= 0.6 is 0 Å². The summed E-state index contributed by atoms with van der Waals surface area (Å²) in [6, 6.07) is 1.54. The highest BCUT2D eigenvalue weighted by atomic mass is 16.5. The van der Waals surface area contributed by atoms with E-state index in [9.17, 15) is 4.79 Å². The predicted molar refractivity (Wildman–Crippen MR) is 71.6 cm³/mol. The molecule has 1 heterocycles. The molecule has 0 amide bonds. The second-order valence-corrected chi connectivity index (χ2v) is 5.38. The Kier molecular flexibility index (Phi) is 5.50. The van der Waals surface area contributed by atoms with E-state index in [0.717, 1.165) is 24.4 Å². The number of nitrogens with one attached hydrogen (secondary N) is 2. The molecule has 5 heteroatoms. The van der Waals surface area contributed by atoms with E-state index in [1.54, 1.807) is 13.2 Å². The van der Waals surface area contributed by atoms with Crippen LogP contribution in [0.15, 0.2) is 10.9 Å². The Bertz CT molecular complexity index is 421. The van der Waals surface area contributed by atoms with Gasteiger partial charge in [0.15, 0.2) is 0 Å². The molecule has 5 nitrogen and oxygen atoms in total. The van der Waals surface area contributed by atoms with Gasteiger partial charge in [-0.25, -0.2) is 4.98 Å². The van der Waals surface area contributed by atoms with Crippen LogP contribution in [0, 0.1) is 0 Å². The summed E-state index contributed by atoms with van der Waals surface area (Å²) in [5.41, 5.74) is 0.699. The number of aryl methyl sites for hydroxylation is 1. The van der Waals surface area contributed by atoms with Gasteiger partial charge in [-0.2, -0.15) is 0 Å². The van der Waals surface area contributed by atoms with Crippen molar-refractivity contribution in [3.8, 4) is 0 Å². The summed E-state index contributed by atoms with van der Waals surface area (Å²) in [5, 5.41) is 3.32. The molecule has 1 aromatic heterocycles. The lowest BCUT2D eigenvalue weighted by Gasteiger charge is -2.20. The Morgan fingerprint density at radius 3 is 2.78 bits per heavy atom. The number of H-pyrrole nitrogens is 1. The Hall–Kier alpha value is -1.20. The Morgan fingerprint density at radius 1 is 1.44 bits per heavy atom. The molecule has 0 saturated carbocycles. The maximum Gasteiger partial charge on any atom is 0.251 e. The van der Waals surface area contributed by atoms with Crippen LogP contribution < -0.4 is 10.9 Å². The third kappa shape index (κ3) is 5.93. The second kappa shape index (κ2) is 6.66. The van der Waals surface area contributed by atoms with Crippen molar-refractivity contribution in [3.63, 3.8) is 0 Å². The lowest BCUT2D eigenvalue weighted by atomic mass is 10.1. The van der Waals surface area contributed by atoms with Gasteiger partial charge in [-0.1, -0.05) is 0 Å². The minimum absolute atomic E-state index is 0.0144. The number of nitrogens with zero attached hydrogens (tertiary/aromatic N) is 1. The standard InChI is InChI=1S/C13H23N3O2/c1-13(2,3)14-9-10-8-12(17)16-11(15-10)6-5-7-18-4/h8,14H,5-7,9H2,1-4H3,(H,15,16,17). The van der Waals surface area contributed by atoms with Crippen LogP contribution in [0.2, 0.25) is 0 Å². The van der Waals surface area contributed by atoms with Crippen LogP contribution in [0.1, 0.15) is 38.7 Å². The van der Waals surface area contributed by atoms with Gasteiger partial charge < -0.3 is 15.0 Å². The molecule has 0 spiro atoms. The summed E-state index contributed by atoms with van der Waals surface area (Å²) in [4.78, 5) is 18.7. The molecule has 102 valence electrons. The summed E-state index contributed by atoms with van der Waals surface area (Å²) < 4.78 is 4.98. The molecule has 0 saturated heterocycles. The number of ether oxygens (including phenoxy) is 1. The summed E-state index contributed by atoms with van der Waals surface area (Å²) in [6.45, 7) is 7.53. The normalized spacial score (nSPS) is 11.8. The van der Waals surface area contributed by atoms with E-state index in [4.69, 9.17) is 4.74 Å². The highest BCUT2D eigenvalue weighted by Crippen LogP contribution is 2.02. The fourth-order valence-electron chi connectivity index (χ4n) is 1.51. The monoisotopic (exact) mass is 253 g/mol. The van der Waals surface area contributed by atoms with Crippen molar-refractivity contribution >= 4 is 0 Å². The highest BCUT2D eigenvalue weighted by molar-refractivity contribution is 5.03. The average Bonchev–Trinajstić information content (AvgIpc) is 2.25. The Balaban J connectivity index is 2.65. The minimum atomic E-state index is -0.0943. The van der Waals surface area contributed by atoms with Gasteiger partial charge in [-0.05, 0) is 27.2 Å². The van der Waals surface area contributed by atoms with Crippen LogP contribution in [-0.2, 0) is 17.7 Å². The zero-order valence-electron chi connectivity index (χ0n) is 11.7. The molecule has 0 atom stereocenters. The van der Waals surface area contributed by atoms with E-state index in [-0.39, 0.29) is 11.1 Å². The maximum absolute atomic E-state index is 11.5. The van der Waals surface area contributed by atoms with Gasteiger partial charge in [0.1, 0.15) is 5.82 Å². The SMILES string of the molecule is COCCCc1nc(CNC(C)(C)C)cc(=O)[nH]1. The van der Waals surface area contributed by atoms with Crippen molar-refractivity contribution in [2.24, 2.45) is 0 Å². The molecule has 1 rings (SSSR count). The lowest BCUT2D eigenvalue weighted by Crippen LogP contribution is -2.35. The molecule has 0 radical (unpaired) electrons. The largest absolute Gasteiger partial charge is 0.385 e. The number of rotatable bonds is 6. The van der Waals surface area contributed by atoms with Crippen LogP contribution in [0.5, 0.6) is 0 Å². The smallest absolute Gasteiger partial charge is 0.251 e. The van der Waals surface area contributed by atoms with E-state index in [1.165, 1.54) is 0 Å². The van der Waals surface area contributed by atoms with Gasteiger partial charge in [0.25, 0.3) is 5.56 Å². The molecule has 18 heavy (non-hydrogen) atoms. The van der Waals surface area contributed by atoms with Crippen molar-refractivity contribution in [2.45, 2.75) is 45.7 Å². The van der Waals surface area contributed by atoms with Crippen LogP contribution in [0.3, 0.4) is 0 Å². The molecule has 0 aliphatic carbocycles. The third-order valence-electron chi connectivity index (χ3n) is 2.41. The fourth-order valence-corrected chi connectivity index (χ4v) is 1.51. The molecule has 0 aliphatic rings. The topological polar surface area (TPSA) is 67.0 Å². The first kappa shape index (κ1) is 14.9. The fraction of sp³-hybridized carbons (Fsp3) is 0.692. The molecular formula is C13H23N3O2. The molecule has 1 aromatic rings. The van der Waals surface area contributed by atoms with Gasteiger partial charge >= 0.3 is 0 Å². The summed E-state index contributed by atoms with van der Waals surface area (Å²) >= 11 is 0. The molecular weight excluding hydrogens is 230 g/mol.